The number of carbonyl (C=O) groups excluding carboxylic acids is 1. The Balaban J connectivity index is 3.79. The summed E-state index contributed by atoms with van der Waals surface area (Å²) >= 11 is 1.93. The summed E-state index contributed by atoms with van der Waals surface area (Å²) < 4.78 is 4.80. The fourth-order valence-corrected chi connectivity index (χ4v) is 2.57. The van der Waals surface area contributed by atoms with Crippen LogP contribution in [-0.2, 0) is 9.53 Å². The molecule has 17 heavy (non-hydrogen) atoms. The van der Waals surface area contributed by atoms with E-state index in [0.717, 1.165) is 31.1 Å². The van der Waals surface area contributed by atoms with Gasteiger partial charge in [-0.1, -0.05) is 27.2 Å². The molecule has 0 aliphatic rings. The zero-order valence-corrected chi connectivity index (χ0v) is 12.4. The molecule has 0 bridgehead atoms. The molecule has 0 aromatic heterocycles. The molecule has 0 heterocycles. The second-order valence-electron chi connectivity index (χ2n) is 4.41. The largest absolute Gasteiger partial charge is 0.468 e. The Morgan fingerprint density at radius 2 is 2.12 bits per heavy atom. The van der Waals surface area contributed by atoms with Crippen molar-refractivity contribution in [2.75, 3.05) is 25.2 Å². The second kappa shape index (κ2) is 10.9. The van der Waals surface area contributed by atoms with Crippen molar-refractivity contribution in [3.8, 4) is 0 Å². The quantitative estimate of drug-likeness (QED) is 0.485. The summed E-state index contributed by atoms with van der Waals surface area (Å²) in [6.45, 7) is 7.44. The molecule has 0 amide bonds. The molecule has 102 valence electrons. The van der Waals surface area contributed by atoms with Gasteiger partial charge in [-0.05, 0) is 36.8 Å². The highest BCUT2D eigenvalue weighted by molar-refractivity contribution is 7.99. The van der Waals surface area contributed by atoms with Crippen molar-refractivity contribution in [3.63, 3.8) is 0 Å². The summed E-state index contributed by atoms with van der Waals surface area (Å²) in [5.74, 6) is 2.82. The van der Waals surface area contributed by atoms with Gasteiger partial charge < -0.3 is 10.1 Å². The predicted octanol–water partition coefficient (Wildman–Crippen LogP) is 2.70. The van der Waals surface area contributed by atoms with Crippen molar-refractivity contribution in [1.29, 1.82) is 0 Å². The summed E-state index contributed by atoms with van der Waals surface area (Å²) in [5.41, 5.74) is 0. The molecule has 0 rings (SSSR count). The normalized spacial score (nSPS) is 14.4. The first kappa shape index (κ1) is 16.8. The van der Waals surface area contributed by atoms with Crippen molar-refractivity contribution < 1.29 is 9.53 Å². The van der Waals surface area contributed by atoms with Gasteiger partial charge in [0.15, 0.2) is 0 Å². The Bertz CT molecular complexity index is 200. The Labute approximate surface area is 110 Å². The summed E-state index contributed by atoms with van der Waals surface area (Å²) in [5, 5.41) is 3.23. The van der Waals surface area contributed by atoms with E-state index in [9.17, 15) is 4.79 Å². The third kappa shape index (κ3) is 8.50. The van der Waals surface area contributed by atoms with Crippen LogP contribution in [0, 0.1) is 5.92 Å². The average molecular weight is 261 g/mol. The molecule has 0 aromatic carbocycles. The molecule has 0 fully saturated rings. The highest BCUT2D eigenvalue weighted by Gasteiger charge is 2.17. The van der Waals surface area contributed by atoms with Crippen molar-refractivity contribution in [1.82, 2.24) is 5.32 Å². The number of nitrogens with one attached hydrogen (secondary N) is 1. The fraction of sp³-hybridized carbons (Fsp3) is 0.923. The zero-order valence-electron chi connectivity index (χ0n) is 11.6. The number of hydrogen-bond acceptors (Lipinski definition) is 4. The first-order valence-electron chi connectivity index (χ1n) is 6.54. The van der Waals surface area contributed by atoms with Crippen LogP contribution in [0.4, 0.5) is 0 Å². The molecule has 0 aliphatic carbocycles. The van der Waals surface area contributed by atoms with Crippen LogP contribution in [0.25, 0.3) is 0 Å². The number of carbonyl (C=O) groups is 1. The number of thioether (sulfide) groups is 1. The first-order valence-corrected chi connectivity index (χ1v) is 7.70. The third-order valence-corrected chi connectivity index (χ3v) is 4.11. The van der Waals surface area contributed by atoms with E-state index < -0.39 is 0 Å². The van der Waals surface area contributed by atoms with E-state index in [1.807, 2.05) is 11.8 Å². The SMILES string of the molecule is CCCNC(CCSCC(C)CC)C(=O)OC. The van der Waals surface area contributed by atoms with Gasteiger partial charge in [0, 0.05) is 0 Å². The van der Waals surface area contributed by atoms with Gasteiger partial charge in [-0.3, -0.25) is 4.79 Å². The van der Waals surface area contributed by atoms with Gasteiger partial charge in [-0.25, -0.2) is 0 Å². The van der Waals surface area contributed by atoms with Gasteiger partial charge in [0.2, 0.25) is 0 Å². The van der Waals surface area contributed by atoms with E-state index in [4.69, 9.17) is 4.74 Å². The van der Waals surface area contributed by atoms with Crippen LogP contribution < -0.4 is 5.32 Å². The van der Waals surface area contributed by atoms with Crippen LogP contribution in [0.1, 0.15) is 40.0 Å². The van der Waals surface area contributed by atoms with Gasteiger partial charge in [0.25, 0.3) is 0 Å². The van der Waals surface area contributed by atoms with E-state index in [1.54, 1.807) is 0 Å². The average Bonchev–Trinajstić information content (AvgIpc) is 2.36. The van der Waals surface area contributed by atoms with Crippen LogP contribution in [-0.4, -0.2) is 37.2 Å². The van der Waals surface area contributed by atoms with Crippen molar-refractivity contribution >= 4 is 17.7 Å². The number of esters is 1. The van der Waals surface area contributed by atoms with E-state index in [-0.39, 0.29) is 12.0 Å². The Kier molecular flexibility index (Phi) is 10.8. The van der Waals surface area contributed by atoms with Crippen LogP contribution in [0.5, 0.6) is 0 Å². The van der Waals surface area contributed by atoms with E-state index in [1.165, 1.54) is 19.3 Å². The predicted molar refractivity (Wildman–Crippen MR) is 75.5 cm³/mol. The highest BCUT2D eigenvalue weighted by Crippen LogP contribution is 2.13. The summed E-state index contributed by atoms with van der Waals surface area (Å²) in [7, 11) is 1.45. The summed E-state index contributed by atoms with van der Waals surface area (Å²) in [6, 6.07) is -0.135. The van der Waals surface area contributed by atoms with Gasteiger partial charge in [-0.2, -0.15) is 11.8 Å². The van der Waals surface area contributed by atoms with Crippen LogP contribution in [0.2, 0.25) is 0 Å². The molecule has 4 heteroatoms. The molecule has 2 atom stereocenters. The lowest BCUT2D eigenvalue weighted by atomic mass is 10.2. The minimum absolute atomic E-state index is 0.135. The zero-order chi connectivity index (χ0) is 13.1. The maximum Gasteiger partial charge on any atom is 0.322 e. The van der Waals surface area contributed by atoms with E-state index in [0.29, 0.717) is 0 Å². The standard InChI is InChI=1S/C13H27NO2S/c1-5-8-14-12(13(15)16-4)7-9-17-10-11(3)6-2/h11-12,14H,5-10H2,1-4H3. The van der Waals surface area contributed by atoms with Crippen LogP contribution in [0.15, 0.2) is 0 Å². The van der Waals surface area contributed by atoms with Gasteiger partial charge in [0.1, 0.15) is 6.04 Å². The summed E-state index contributed by atoms with van der Waals surface area (Å²) in [6.07, 6.45) is 3.11. The third-order valence-electron chi connectivity index (χ3n) is 2.78. The van der Waals surface area contributed by atoms with Crippen molar-refractivity contribution in [2.45, 2.75) is 46.1 Å². The van der Waals surface area contributed by atoms with Gasteiger partial charge >= 0.3 is 5.97 Å². The lowest BCUT2D eigenvalue weighted by Crippen LogP contribution is -2.38. The smallest absolute Gasteiger partial charge is 0.322 e. The molecule has 3 nitrogen and oxygen atoms in total. The Hall–Kier alpha value is -0.220. The molecule has 0 aromatic rings. The molecular weight excluding hydrogens is 234 g/mol. The minimum Gasteiger partial charge on any atom is -0.468 e. The molecule has 0 aliphatic heterocycles. The lowest BCUT2D eigenvalue weighted by Gasteiger charge is -2.16. The van der Waals surface area contributed by atoms with Crippen molar-refractivity contribution in [2.24, 2.45) is 5.92 Å². The molecule has 0 spiro atoms. The highest BCUT2D eigenvalue weighted by atomic mass is 32.2. The van der Waals surface area contributed by atoms with Crippen LogP contribution >= 0.6 is 11.8 Å². The van der Waals surface area contributed by atoms with E-state index >= 15 is 0 Å². The van der Waals surface area contributed by atoms with Crippen LogP contribution in [0.3, 0.4) is 0 Å². The maximum absolute atomic E-state index is 11.5. The van der Waals surface area contributed by atoms with E-state index in [2.05, 4.69) is 26.1 Å². The molecule has 0 radical (unpaired) electrons. The number of methoxy groups -OCH3 is 1. The lowest BCUT2D eigenvalue weighted by molar-refractivity contribution is -0.143. The molecule has 2 unspecified atom stereocenters. The minimum atomic E-state index is -0.136. The molecule has 0 saturated heterocycles. The number of hydrogen-bond donors (Lipinski definition) is 1. The first-order chi connectivity index (χ1) is 8.15. The molecule has 0 saturated carbocycles. The molecular formula is C13H27NO2S. The second-order valence-corrected chi connectivity index (χ2v) is 5.56. The topological polar surface area (TPSA) is 38.3 Å². The van der Waals surface area contributed by atoms with Gasteiger partial charge in [-0.15, -0.1) is 0 Å². The molecule has 1 N–H and O–H groups in total. The van der Waals surface area contributed by atoms with Crippen molar-refractivity contribution in [3.05, 3.63) is 0 Å². The number of ether oxygens (including phenoxy) is 1. The summed E-state index contributed by atoms with van der Waals surface area (Å²) in [4.78, 5) is 11.5. The Morgan fingerprint density at radius 3 is 2.65 bits per heavy atom. The monoisotopic (exact) mass is 261 g/mol. The fourth-order valence-electron chi connectivity index (χ4n) is 1.37. The maximum atomic E-state index is 11.5. The Morgan fingerprint density at radius 1 is 1.41 bits per heavy atom. The van der Waals surface area contributed by atoms with Gasteiger partial charge in [0.05, 0.1) is 7.11 Å². The number of rotatable bonds is 10.